The van der Waals surface area contributed by atoms with Crippen LogP contribution in [0.2, 0.25) is 0 Å². The fourth-order valence-electron chi connectivity index (χ4n) is 2.93. The third-order valence-electron chi connectivity index (χ3n) is 4.01. The predicted octanol–water partition coefficient (Wildman–Crippen LogP) is 2.83. The number of benzene rings is 1. The number of hydrogen-bond acceptors (Lipinski definition) is 6. The second kappa shape index (κ2) is 7.50. The van der Waals surface area contributed by atoms with Crippen LogP contribution >= 0.6 is 0 Å². The van der Waals surface area contributed by atoms with E-state index in [-0.39, 0.29) is 6.61 Å². The summed E-state index contributed by atoms with van der Waals surface area (Å²) in [4.78, 5) is 5.66. The number of hydrogen-bond donors (Lipinski definition) is 0. The SMILES string of the molecule is CO[C@@H]1OC2COC(c3ccccc3)O[C@H]2C(N=[N+]=[N-])C1N=[N+]=[N-]. The monoisotopic (exact) mass is 332 g/mol. The second-order valence-corrected chi connectivity index (χ2v) is 5.35. The minimum absolute atomic E-state index is 0.241. The van der Waals surface area contributed by atoms with Crippen LogP contribution in [0.15, 0.2) is 40.6 Å². The van der Waals surface area contributed by atoms with Crippen molar-refractivity contribution in [2.45, 2.75) is 36.9 Å². The van der Waals surface area contributed by atoms with Crippen molar-refractivity contribution in [3.05, 3.63) is 56.8 Å². The number of ether oxygens (including phenoxy) is 4. The minimum Gasteiger partial charge on any atom is -0.355 e. The quantitative estimate of drug-likeness (QED) is 0.476. The van der Waals surface area contributed by atoms with Crippen molar-refractivity contribution in [2.75, 3.05) is 13.7 Å². The lowest BCUT2D eigenvalue weighted by molar-refractivity contribution is -0.321. The molecule has 2 saturated heterocycles. The van der Waals surface area contributed by atoms with Crippen LogP contribution in [-0.2, 0) is 18.9 Å². The molecule has 0 radical (unpaired) electrons. The molecule has 6 atom stereocenters. The first kappa shape index (κ1) is 16.5. The fourth-order valence-corrected chi connectivity index (χ4v) is 2.93. The molecule has 0 saturated carbocycles. The summed E-state index contributed by atoms with van der Waals surface area (Å²) in [6, 6.07) is 7.81. The molecule has 4 unspecified atom stereocenters. The van der Waals surface area contributed by atoms with Gasteiger partial charge in [0.25, 0.3) is 0 Å². The molecular formula is C14H16N6O4. The smallest absolute Gasteiger partial charge is 0.184 e. The van der Waals surface area contributed by atoms with Crippen LogP contribution in [0.3, 0.4) is 0 Å². The van der Waals surface area contributed by atoms with Crippen molar-refractivity contribution in [1.29, 1.82) is 0 Å². The van der Waals surface area contributed by atoms with E-state index in [1.54, 1.807) is 0 Å². The highest BCUT2D eigenvalue weighted by molar-refractivity contribution is 5.17. The van der Waals surface area contributed by atoms with Gasteiger partial charge < -0.3 is 18.9 Å². The van der Waals surface area contributed by atoms with Crippen molar-refractivity contribution in [2.24, 2.45) is 10.2 Å². The number of rotatable bonds is 4. The lowest BCUT2D eigenvalue weighted by Crippen LogP contribution is -2.60. The van der Waals surface area contributed by atoms with Crippen LogP contribution in [0, 0.1) is 0 Å². The first-order valence-corrected chi connectivity index (χ1v) is 7.37. The molecule has 2 aliphatic rings. The highest BCUT2D eigenvalue weighted by atomic mass is 16.7. The fraction of sp³-hybridized carbons (Fsp3) is 0.571. The van der Waals surface area contributed by atoms with Gasteiger partial charge in [-0.3, -0.25) is 0 Å². The predicted molar refractivity (Wildman–Crippen MR) is 81.5 cm³/mol. The number of azide groups is 2. The average molecular weight is 332 g/mol. The van der Waals surface area contributed by atoms with Crippen LogP contribution in [0.1, 0.15) is 11.9 Å². The van der Waals surface area contributed by atoms with Gasteiger partial charge in [0.1, 0.15) is 6.10 Å². The molecule has 0 bridgehead atoms. The normalized spacial score (nSPS) is 35.2. The summed E-state index contributed by atoms with van der Waals surface area (Å²) in [5.74, 6) is 0. The van der Waals surface area contributed by atoms with Crippen molar-refractivity contribution >= 4 is 0 Å². The van der Waals surface area contributed by atoms with Gasteiger partial charge in [-0.25, -0.2) is 0 Å². The first-order valence-electron chi connectivity index (χ1n) is 7.37. The van der Waals surface area contributed by atoms with E-state index < -0.39 is 36.9 Å². The zero-order valence-corrected chi connectivity index (χ0v) is 12.9. The summed E-state index contributed by atoms with van der Waals surface area (Å²) in [5, 5.41) is 7.44. The molecule has 10 heteroatoms. The maximum absolute atomic E-state index is 8.89. The van der Waals surface area contributed by atoms with E-state index in [1.165, 1.54) is 7.11 Å². The van der Waals surface area contributed by atoms with Crippen LogP contribution in [-0.4, -0.2) is 44.3 Å². The minimum atomic E-state index is -0.835. The molecular weight excluding hydrogens is 316 g/mol. The Hall–Kier alpha value is -2.32. The number of methoxy groups -OCH3 is 1. The van der Waals surface area contributed by atoms with Gasteiger partial charge in [0, 0.05) is 22.5 Å². The standard InChI is InChI=1S/C14H16N6O4/c1-21-14-11(18-20-16)10(17-19-15)12-9(23-14)7-22-13(24-12)8-5-3-2-4-6-8/h2-6,9-14H,7H2,1H3/t9?,10?,11?,12-,13?,14-/m1/s1. The first-order chi connectivity index (χ1) is 11.8. The van der Waals surface area contributed by atoms with E-state index in [9.17, 15) is 0 Å². The lowest BCUT2D eigenvalue weighted by Gasteiger charge is -2.46. The maximum Gasteiger partial charge on any atom is 0.184 e. The summed E-state index contributed by atoms with van der Waals surface area (Å²) in [6.45, 7) is 0.241. The van der Waals surface area contributed by atoms with Gasteiger partial charge in [-0.05, 0) is 11.1 Å². The van der Waals surface area contributed by atoms with Crippen molar-refractivity contribution < 1.29 is 18.9 Å². The molecule has 1 aromatic carbocycles. The summed E-state index contributed by atoms with van der Waals surface area (Å²) < 4.78 is 22.6. The Balaban J connectivity index is 1.88. The zero-order valence-electron chi connectivity index (χ0n) is 12.9. The molecule has 3 rings (SSSR count). The zero-order chi connectivity index (χ0) is 16.9. The van der Waals surface area contributed by atoms with Gasteiger partial charge >= 0.3 is 0 Å². The van der Waals surface area contributed by atoms with Gasteiger partial charge in [-0.15, -0.1) is 0 Å². The van der Waals surface area contributed by atoms with Crippen molar-refractivity contribution in [3.8, 4) is 0 Å². The van der Waals surface area contributed by atoms with Gasteiger partial charge in [-0.1, -0.05) is 40.6 Å². The third-order valence-corrected chi connectivity index (χ3v) is 4.01. The van der Waals surface area contributed by atoms with E-state index in [0.717, 1.165) is 5.56 Å². The van der Waals surface area contributed by atoms with Crippen molar-refractivity contribution in [1.82, 2.24) is 0 Å². The van der Waals surface area contributed by atoms with Crippen molar-refractivity contribution in [3.63, 3.8) is 0 Å². The molecule has 0 aliphatic carbocycles. The average Bonchev–Trinajstić information content (AvgIpc) is 2.64. The van der Waals surface area contributed by atoms with Gasteiger partial charge in [-0.2, -0.15) is 0 Å². The van der Waals surface area contributed by atoms with Gasteiger partial charge in [0.2, 0.25) is 0 Å². The molecule has 126 valence electrons. The molecule has 2 fully saturated rings. The van der Waals surface area contributed by atoms with Gasteiger partial charge in [0.15, 0.2) is 12.6 Å². The molecule has 24 heavy (non-hydrogen) atoms. The largest absolute Gasteiger partial charge is 0.355 e. The molecule has 0 amide bonds. The molecule has 10 nitrogen and oxygen atoms in total. The Morgan fingerprint density at radius 2 is 1.79 bits per heavy atom. The van der Waals surface area contributed by atoms with E-state index in [1.807, 2.05) is 30.3 Å². The third kappa shape index (κ3) is 3.15. The molecule has 2 aliphatic heterocycles. The Labute approximate surface area is 137 Å². The van der Waals surface area contributed by atoms with E-state index in [2.05, 4.69) is 20.1 Å². The van der Waals surface area contributed by atoms with Crippen LogP contribution in [0.5, 0.6) is 0 Å². The summed E-state index contributed by atoms with van der Waals surface area (Å²) in [5.41, 5.74) is 18.5. The number of fused-ring (bicyclic) bond motifs is 1. The van der Waals surface area contributed by atoms with Crippen LogP contribution in [0.25, 0.3) is 20.9 Å². The molecule has 0 aromatic heterocycles. The summed E-state index contributed by atoms with van der Waals surface area (Å²) in [6.07, 6.45) is -2.55. The second-order valence-electron chi connectivity index (χ2n) is 5.35. The van der Waals surface area contributed by atoms with Gasteiger partial charge in [0.05, 0.1) is 24.8 Å². The molecule has 0 spiro atoms. The Morgan fingerprint density at radius 1 is 1.08 bits per heavy atom. The van der Waals surface area contributed by atoms with E-state index in [4.69, 9.17) is 30.0 Å². The molecule has 0 N–H and O–H groups in total. The van der Waals surface area contributed by atoms with E-state index in [0.29, 0.717) is 0 Å². The Bertz CT molecular complexity index is 660. The lowest BCUT2D eigenvalue weighted by atomic mass is 9.94. The summed E-state index contributed by atoms with van der Waals surface area (Å²) >= 11 is 0. The van der Waals surface area contributed by atoms with Crippen LogP contribution < -0.4 is 0 Å². The highest BCUT2D eigenvalue weighted by Crippen LogP contribution is 2.36. The number of nitrogens with zero attached hydrogens (tertiary/aromatic N) is 6. The highest BCUT2D eigenvalue weighted by Gasteiger charge is 2.49. The summed E-state index contributed by atoms with van der Waals surface area (Å²) in [7, 11) is 1.43. The Morgan fingerprint density at radius 3 is 2.46 bits per heavy atom. The molecule has 1 aromatic rings. The van der Waals surface area contributed by atoms with E-state index >= 15 is 0 Å². The molecule has 2 heterocycles. The topological polar surface area (TPSA) is 134 Å². The Kier molecular flexibility index (Phi) is 5.17. The van der Waals surface area contributed by atoms with Crippen LogP contribution in [0.4, 0.5) is 0 Å². The maximum atomic E-state index is 8.89.